The van der Waals surface area contributed by atoms with Gasteiger partial charge in [0, 0.05) is 5.70 Å². The summed E-state index contributed by atoms with van der Waals surface area (Å²) in [7, 11) is 0. The van der Waals surface area contributed by atoms with Crippen LogP contribution in [0.4, 0.5) is 0 Å². The lowest BCUT2D eigenvalue weighted by atomic mass is 10.4. The van der Waals surface area contributed by atoms with Crippen molar-refractivity contribution in [2.75, 3.05) is 0 Å². The van der Waals surface area contributed by atoms with Crippen LogP contribution < -0.4 is 5.73 Å². The second kappa shape index (κ2) is 3.56. The van der Waals surface area contributed by atoms with E-state index >= 15 is 0 Å². The van der Waals surface area contributed by atoms with Gasteiger partial charge in [-0.15, -0.1) is 0 Å². The highest BCUT2D eigenvalue weighted by molar-refractivity contribution is 6.31. The summed E-state index contributed by atoms with van der Waals surface area (Å²) in [6.07, 6.45) is 3.61. The van der Waals surface area contributed by atoms with Gasteiger partial charge in [0.15, 0.2) is 0 Å². The number of hydrogen-bond acceptors (Lipinski definition) is 1. The van der Waals surface area contributed by atoms with Gasteiger partial charge in [-0.25, -0.2) is 0 Å². The van der Waals surface area contributed by atoms with Crippen LogP contribution in [0.15, 0.2) is 22.9 Å². The van der Waals surface area contributed by atoms with E-state index in [0.29, 0.717) is 10.7 Å². The minimum absolute atomic E-state index is 0.618. The topological polar surface area (TPSA) is 26.0 Å². The van der Waals surface area contributed by atoms with Crippen LogP contribution in [0.5, 0.6) is 0 Å². The lowest BCUT2D eigenvalue weighted by Gasteiger charge is -1.89. The summed E-state index contributed by atoms with van der Waals surface area (Å²) in [5, 5.41) is 0.618. The predicted octanol–water partition coefficient (Wildman–Crippen LogP) is 1.99. The van der Waals surface area contributed by atoms with Crippen LogP contribution in [-0.2, 0) is 0 Å². The molecule has 46 valence electrons. The Kier molecular flexibility index (Phi) is 3.37. The molecule has 0 aromatic heterocycles. The highest BCUT2D eigenvalue weighted by Gasteiger charge is 1.84. The fourth-order valence-electron chi connectivity index (χ4n) is 0.278. The molecule has 0 aliphatic heterocycles. The summed E-state index contributed by atoms with van der Waals surface area (Å²) in [5.74, 6) is 0. The lowest BCUT2D eigenvalue weighted by Crippen LogP contribution is -1.91. The van der Waals surface area contributed by atoms with E-state index in [9.17, 15) is 0 Å². The SMILES string of the molecule is C/C=C\C(Cl)=C(\C)N. The van der Waals surface area contributed by atoms with E-state index in [1.54, 1.807) is 13.0 Å². The van der Waals surface area contributed by atoms with Crippen molar-refractivity contribution in [1.82, 2.24) is 0 Å². The van der Waals surface area contributed by atoms with Gasteiger partial charge in [0.2, 0.25) is 0 Å². The maximum atomic E-state index is 5.58. The standard InChI is InChI=1S/C6H10ClN/c1-3-4-6(7)5(2)8/h3-4H,8H2,1-2H3/b4-3-,6-5+. The maximum absolute atomic E-state index is 5.58. The fourth-order valence-corrected chi connectivity index (χ4v) is 0.404. The summed E-state index contributed by atoms with van der Waals surface area (Å²) < 4.78 is 0. The van der Waals surface area contributed by atoms with E-state index in [-0.39, 0.29) is 0 Å². The quantitative estimate of drug-likeness (QED) is 0.542. The van der Waals surface area contributed by atoms with E-state index in [4.69, 9.17) is 17.3 Å². The molecule has 0 unspecified atom stereocenters. The zero-order valence-corrected chi connectivity index (χ0v) is 5.87. The smallest absolute Gasteiger partial charge is 0.0587 e. The Labute approximate surface area is 54.8 Å². The zero-order chi connectivity index (χ0) is 6.57. The number of halogens is 1. The molecule has 8 heavy (non-hydrogen) atoms. The van der Waals surface area contributed by atoms with Crippen LogP contribution in [0.3, 0.4) is 0 Å². The van der Waals surface area contributed by atoms with Crippen LogP contribution in [0.2, 0.25) is 0 Å². The summed E-state index contributed by atoms with van der Waals surface area (Å²) in [5.41, 5.74) is 5.98. The Bertz CT molecular complexity index is 120. The molecule has 0 aromatic rings. The van der Waals surface area contributed by atoms with E-state index in [1.165, 1.54) is 0 Å². The Morgan fingerprint density at radius 3 is 2.25 bits per heavy atom. The highest BCUT2D eigenvalue weighted by atomic mass is 35.5. The van der Waals surface area contributed by atoms with Crippen molar-refractivity contribution in [2.24, 2.45) is 5.73 Å². The zero-order valence-electron chi connectivity index (χ0n) is 5.11. The monoisotopic (exact) mass is 131 g/mol. The second-order valence-corrected chi connectivity index (χ2v) is 1.94. The van der Waals surface area contributed by atoms with Gasteiger partial charge >= 0.3 is 0 Å². The first-order chi connectivity index (χ1) is 3.68. The number of nitrogens with two attached hydrogens (primary N) is 1. The summed E-state index contributed by atoms with van der Waals surface area (Å²) >= 11 is 5.58. The van der Waals surface area contributed by atoms with Crippen molar-refractivity contribution >= 4 is 11.6 Å². The molecule has 2 N–H and O–H groups in total. The molecule has 0 bridgehead atoms. The first-order valence-corrected chi connectivity index (χ1v) is 2.80. The van der Waals surface area contributed by atoms with Gasteiger partial charge in [0.1, 0.15) is 0 Å². The van der Waals surface area contributed by atoms with Crippen LogP contribution in [0.25, 0.3) is 0 Å². The van der Waals surface area contributed by atoms with E-state index in [2.05, 4.69) is 0 Å². The van der Waals surface area contributed by atoms with Crippen molar-refractivity contribution in [2.45, 2.75) is 13.8 Å². The van der Waals surface area contributed by atoms with Crippen molar-refractivity contribution in [3.05, 3.63) is 22.9 Å². The Balaban J connectivity index is 4.00. The maximum Gasteiger partial charge on any atom is 0.0587 e. The van der Waals surface area contributed by atoms with Crippen LogP contribution in [0.1, 0.15) is 13.8 Å². The van der Waals surface area contributed by atoms with Gasteiger partial charge in [-0.3, -0.25) is 0 Å². The van der Waals surface area contributed by atoms with Crippen molar-refractivity contribution in [3.8, 4) is 0 Å². The van der Waals surface area contributed by atoms with Gasteiger partial charge in [-0.1, -0.05) is 17.7 Å². The number of rotatable bonds is 1. The third kappa shape index (κ3) is 2.69. The van der Waals surface area contributed by atoms with E-state index < -0.39 is 0 Å². The average molecular weight is 132 g/mol. The second-order valence-electron chi connectivity index (χ2n) is 1.53. The normalized spacial score (nSPS) is 14.4. The molecule has 0 aliphatic carbocycles. The van der Waals surface area contributed by atoms with Crippen molar-refractivity contribution in [3.63, 3.8) is 0 Å². The molecule has 0 radical (unpaired) electrons. The minimum atomic E-state index is 0.618. The average Bonchev–Trinajstić information content (AvgIpc) is 1.67. The number of allylic oxidation sites excluding steroid dienone is 4. The van der Waals surface area contributed by atoms with Crippen molar-refractivity contribution in [1.29, 1.82) is 0 Å². The molecule has 0 spiro atoms. The highest BCUT2D eigenvalue weighted by Crippen LogP contribution is 2.04. The molecular weight excluding hydrogens is 122 g/mol. The first kappa shape index (κ1) is 7.57. The summed E-state index contributed by atoms with van der Waals surface area (Å²) in [6.45, 7) is 3.66. The molecule has 0 aliphatic rings. The molecule has 0 saturated carbocycles. The first-order valence-electron chi connectivity index (χ1n) is 2.43. The fraction of sp³-hybridized carbons (Fsp3) is 0.333. The molecule has 0 amide bonds. The molecule has 0 atom stereocenters. The molecule has 0 saturated heterocycles. The molecular formula is C6H10ClN. The third-order valence-corrected chi connectivity index (χ3v) is 1.11. The Hall–Kier alpha value is -0.430. The number of hydrogen-bond donors (Lipinski definition) is 1. The van der Waals surface area contributed by atoms with Crippen molar-refractivity contribution < 1.29 is 0 Å². The van der Waals surface area contributed by atoms with E-state index in [1.807, 2.05) is 13.0 Å². The largest absolute Gasteiger partial charge is 0.401 e. The molecule has 0 fully saturated rings. The summed E-state index contributed by atoms with van der Waals surface area (Å²) in [4.78, 5) is 0. The Morgan fingerprint density at radius 1 is 1.62 bits per heavy atom. The molecule has 0 rings (SSSR count). The Morgan fingerprint density at radius 2 is 2.12 bits per heavy atom. The molecule has 0 aromatic carbocycles. The van der Waals surface area contributed by atoms with Crippen LogP contribution >= 0.6 is 11.6 Å². The predicted molar refractivity (Wildman–Crippen MR) is 37.6 cm³/mol. The van der Waals surface area contributed by atoms with Gasteiger partial charge in [0.05, 0.1) is 5.03 Å². The molecule has 0 heterocycles. The van der Waals surface area contributed by atoms with Crippen LogP contribution in [0, 0.1) is 0 Å². The minimum Gasteiger partial charge on any atom is -0.401 e. The third-order valence-electron chi connectivity index (χ3n) is 0.690. The van der Waals surface area contributed by atoms with Crippen LogP contribution in [-0.4, -0.2) is 0 Å². The van der Waals surface area contributed by atoms with Gasteiger partial charge in [-0.2, -0.15) is 0 Å². The summed E-state index contributed by atoms with van der Waals surface area (Å²) in [6, 6.07) is 0. The van der Waals surface area contributed by atoms with Gasteiger partial charge < -0.3 is 5.73 Å². The van der Waals surface area contributed by atoms with Gasteiger partial charge in [-0.05, 0) is 19.9 Å². The molecule has 2 heteroatoms. The van der Waals surface area contributed by atoms with Gasteiger partial charge in [0.25, 0.3) is 0 Å². The molecule has 1 nitrogen and oxygen atoms in total. The lowest BCUT2D eigenvalue weighted by molar-refractivity contribution is 1.30. The van der Waals surface area contributed by atoms with E-state index in [0.717, 1.165) is 0 Å².